The molecule has 0 heterocycles. The van der Waals surface area contributed by atoms with Crippen LogP contribution < -0.4 is 11.1 Å². The zero-order valence-corrected chi connectivity index (χ0v) is 23.0. The van der Waals surface area contributed by atoms with Crippen molar-refractivity contribution in [2.24, 2.45) is 22.5 Å². The number of rotatable bonds is 12. The molecule has 202 valence electrons. The molecule has 35 heavy (non-hydrogen) atoms. The third-order valence-electron chi connectivity index (χ3n) is 8.57. The average molecular weight is 496 g/mol. The average Bonchev–Trinajstić information content (AvgIpc) is 2.68. The van der Waals surface area contributed by atoms with Crippen molar-refractivity contribution in [3.05, 3.63) is 0 Å². The third-order valence-corrected chi connectivity index (χ3v) is 8.57. The molecule has 2 unspecified atom stereocenters. The first-order valence-electron chi connectivity index (χ1n) is 13.4. The van der Waals surface area contributed by atoms with Crippen LogP contribution in [0.5, 0.6) is 0 Å². The molecule has 0 aromatic carbocycles. The quantitative estimate of drug-likeness (QED) is 0.376. The molecule has 4 N–H and O–H groups in total. The molecule has 2 aliphatic carbocycles. The maximum Gasteiger partial charge on any atom is 0.410 e. The minimum atomic E-state index is -1.47. The van der Waals surface area contributed by atoms with E-state index < -0.39 is 41.7 Å². The molecule has 3 atom stereocenters. The van der Waals surface area contributed by atoms with Gasteiger partial charge in [0.25, 0.3) is 0 Å². The number of aliphatic hydroxyl groups is 1. The van der Waals surface area contributed by atoms with E-state index in [-0.39, 0.29) is 10.8 Å². The highest BCUT2D eigenvalue weighted by Crippen LogP contribution is 2.55. The van der Waals surface area contributed by atoms with Gasteiger partial charge in [-0.3, -0.25) is 14.5 Å². The topological polar surface area (TPSA) is 122 Å². The molecule has 8 heteroatoms. The number of nitrogens with zero attached hydrogens (tertiary/aromatic N) is 1. The largest absolute Gasteiger partial charge is 0.444 e. The number of amides is 3. The van der Waals surface area contributed by atoms with E-state index in [0.717, 1.165) is 38.5 Å². The van der Waals surface area contributed by atoms with E-state index in [2.05, 4.69) is 26.1 Å². The zero-order valence-electron chi connectivity index (χ0n) is 23.0. The molecule has 0 saturated heterocycles. The van der Waals surface area contributed by atoms with Crippen LogP contribution in [0.25, 0.3) is 0 Å². The first-order valence-corrected chi connectivity index (χ1v) is 13.4. The summed E-state index contributed by atoms with van der Waals surface area (Å²) in [5.41, 5.74) is 4.88. The number of hydrogen-bond acceptors (Lipinski definition) is 5. The summed E-state index contributed by atoms with van der Waals surface area (Å²) < 4.78 is 5.69. The number of aliphatic hydroxyl groups excluding tert-OH is 1. The van der Waals surface area contributed by atoms with Gasteiger partial charge in [0.2, 0.25) is 11.8 Å². The summed E-state index contributed by atoms with van der Waals surface area (Å²) in [5, 5.41) is 13.3. The fourth-order valence-corrected chi connectivity index (χ4v) is 5.16. The number of carbonyl (C=O) groups excluding carboxylic acids is 3. The van der Waals surface area contributed by atoms with Crippen LogP contribution in [0.3, 0.4) is 0 Å². The lowest BCUT2D eigenvalue weighted by atomic mass is 9.54. The minimum Gasteiger partial charge on any atom is -0.444 e. The molecule has 2 fully saturated rings. The number of ether oxygens (including phenoxy) is 1. The van der Waals surface area contributed by atoms with E-state index in [1.54, 1.807) is 20.8 Å². The van der Waals surface area contributed by atoms with Crippen molar-refractivity contribution in [2.45, 2.75) is 130 Å². The second-order valence-corrected chi connectivity index (χ2v) is 12.6. The molecule has 0 aliphatic heterocycles. The van der Waals surface area contributed by atoms with Crippen LogP contribution in [-0.2, 0) is 14.3 Å². The van der Waals surface area contributed by atoms with Gasteiger partial charge in [-0.1, -0.05) is 53.4 Å². The van der Waals surface area contributed by atoms with Crippen molar-refractivity contribution >= 4 is 17.9 Å². The van der Waals surface area contributed by atoms with E-state index >= 15 is 0 Å². The van der Waals surface area contributed by atoms with Crippen molar-refractivity contribution < 1.29 is 24.2 Å². The molecule has 0 aromatic rings. The van der Waals surface area contributed by atoms with Crippen molar-refractivity contribution in [2.75, 3.05) is 6.54 Å². The lowest BCUT2D eigenvalue weighted by Crippen LogP contribution is -2.57. The molecule has 3 amide bonds. The van der Waals surface area contributed by atoms with E-state index in [1.807, 2.05) is 6.92 Å². The molecular formula is C27H49N3O5. The van der Waals surface area contributed by atoms with Gasteiger partial charge >= 0.3 is 6.09 Å². The number of nitrogens with one attached hydrogen (secondary N) is 1. The summed E-state index contributed by atoms with van der Waals surface area (Å²) in [6.45, 7) is 14.4. The Balaban J connectivity index is 2.22. The maximum absolute atomic E-state index is 13.5. The van der Waals surface area contributed by atoms with Crippen molar-refractivity contribution in [1.82, 2.24) is 10.2 Å². The number of primary amides is 1. The number of carbonyl (C=O) groups is 3. The Morgan fingerprint density at radius 3 is 2.14 bits per heavy atom. The molecular weight excluding hydrogens is 446 g/mol. The molecule has 2 saturated carbocycles. The molecule has 0 spiro atoms. The molecule has 0 bridgehead atoms. The summed E-state index contributed by atoms with van der Waals surface area (Å²) in [6, 6.07) is -1.55. The van der Waals surface area contributed by atoms with Crippen LogP contribution in [-0.4, -0.2) is 58.2 Å². The lowest BCUT2D eigenvalue weighted by molar-refractivity contribution is -0.132. The Morgan fingerprint density at radius 2 is 1.74 bits per heavy atom. The summed E-state index contributed by atoms with van der Waals surface area (Å²) in [4.78, 5) is 40.0. The molecule has 2 aliphatic rings. The van der Waals surface area contributed by atoms with E-state index in [0.29, 0.717) is 25.3 Å². The van der Waals surface area contributed by atoms with Gasteiger partial charge in [0.15, 0.2) is 6.10 Å². The van der Waals surface area contributed by atoms with Crippen LogP contribution in [0.4, 0.5) is 4.79 Å². The summed E-state index contributed by atoms with van der Waals surface area (Å²) >= 11 is 0. The summed E-state index contributed by atoms with van der Waals surface area (Å²) in [7, 11) is 0. The van der Waals surface area contributed by atoms with Gasteiger partial charge in [-0.2, -0.15) is 0 Å². The standard InChI is InChI=1S/C27H49N3O5/c1-8-20(23(33)29-19(21(31)22(28)32)17-18-11-9-12-18)30(24(34)35-25(2,3)4)16-15-26(5,6)27(7)13-10-14-27/h18-21,31H,8-17H2,1-7H3,(H2,28,32)(H,29,33)/t19?,20-,21?/m0/s1. The van der Waals surface area contributed by atoms with Crippen LogP contribution in [0, 0.1) is 16.7 Å². The van der Waals surface area contributed by atoms with E-state index in [9.17, 15) is 19.5 Å². The highest BCUT2D eigenvalue weighted by Gasteiger charge is 2.46. The third kappa shape index (κ3) is 7.58. The second-order valence-electron chi connectivity index (χ2n) is 12.6. The van der Waals surface area contributed by atoms with Crippen molar-refractivity contribution in [3.63, 3.8) is 0 Å². The van der Waals surface area contributed by atoms with Gasteiger partial charge in [-0.25, -0.2) is 4.79 Å². The monoisotopic (exact) mass is 495 g/mol. The lowest BCUT2D eigenvalue weighted by Gasteiger charge is -2.52. The van der Waals surface area contributed by atoms with E-state index in [4.69, 9.17) is 10.5 Å². The predicted octanol–water partition coefficient (Wildman–Crippen LogP) is 4.13. The highest BCUT2D eigenvalue weighted by atomic mass is 16.6. The van der Waals surface area contributed by atoms with Crippen molar-refractivity contribution in [1.29, 1.82) is 0 Å². The van der Waals surface area contributed by atoms with Crippen LogP contribution in [0.15, 0.2) is 0 Å². The van der Waals surface area contributed by atoms with Gasteiger partial charge < -0.3 is 20.9 Å². The van der Waals surface area contributed by atoms with Crippen molar-refractivity contribution in [3.8, 4) is 0 Å². The fourth-order valence-electron chi connectivity index (χ4n) is 5.16. The predicted molar refractivity (Wildman–Crippen MR) is 136 cm³/mol. The van der Waals surface area contributed by atoms with Gasteiger partial charge in [-0.05, 0) is 69.6 Å². The maximum atomic E-state index is 13.5. The van der Waals surface area contributed by atoms with Crippen LogP contribution in [0.1, 0.15) is 106 Å². The highest BCUT2D eigenvalue weighted by molar-refractivity contribution is 5.87. The van der Waals surface area contributed by atoms with Gasteiger partial charge in [0.1, 0.15) is 11.6 Å². The molecule has 0 aromatic heterocycles. The van der Waals surface area contributed by atoms with Gasteiger partial charge in [0.05, 0.1) is 6.04 Å². The first kappa shape index (κ1) is 29.4. The fraction of sp³-hybridized carbons (Fsp3) is 0.889. The van der Waals surface area contributed by atoms with Gasteiger partial charge in [0, 0.05) is 6.54 Å². The Kier molecular flexibility index (Phi) is 9.65. The minimum absolute atomic E-state index is 0.00476. The molecule has 0 radical (unpaired) electrons. The Hall–Kier alpha value is -1.83. The molecule has 8 nitrogen and oxygen atoms in total. The first-order chi connectivity index (χ1) is 16.1. The zero-order chi connectivity index (χ0) is 26.6. The Bertz CT molecular complexity index is 752. The summed E-state index contributed by atoms with van der Waals surface area (Å²) in [6.07, 6.45) is 6.29. The Morgan fingerprint density at radius 1 is 1.14 bits per heavy atom. The summed E-state index contributed by atoms with van der Waals surface area (Å²) in [5.74, 6) is -0.904. The SMILES string of the molecule is CC[C@@H](C(=O)NC(CC1CCC1)C(O)C(N)=O)N(CCC(C)(C)C1(C)CCC1)C(=O)OC(C)(C)C. The van der Waals surface area contributed by atoms with Crippen LogP contribution >= 0.6 is 0 Å². The van der Waals surface area contributed by atoms with Crippen LogP contribution in [0.2, 0.25) is 0 Å². The number of nitrogens with two attached hydrogens (primary N) is 1. The Labute approximate surface area is 211 Å². The smallest absolute Gasteiger partial charge is 0.410 e. The second kappa shape index (κ2) is 11.5. The molecule has 2 rings (SSSR count). The van der Waals surface area contributed by atoms with Gasteiger partial charge in [-0.15, -0.1) is 0 Å². The number of hydrogen-bond donors (Lipinski definition) is 3. The van der Waals surface area contributed by atoms with E-state index in [1.165, 1.54) is 11.3 Å². The normalized spacial score (nSPS) is 20.6.